The Balaban J connectivity index is 1.54. The Morgan fingerprint density at radius 2 is 1.82 bits per heavy atom. The predicted molar refractivity (Wildman–Crippen MR) is 122 cm³/mol. The maximum absolute atomic E-state index is 13.3. The molecule has 33 heavy (non-hydrogen) atoms. The van der Waals surface area contributed by atoms with Crippen LogP contribution in [0, 0.1) is 5.82 Å². The maximum Gasteiger partial charge on any atom is 0.259 e. The van der Waals surface area contributed by atoms with Gasteiger partial charge in [-0.2, -0.15) is 5.10 Å². The van der Waals surface area contributed by atoms with Crippen LogP contribution in [-0.2, 0) is 21.4 Å². The fourth-order valence-corrected chi connectivity index (χ4v) is 4.35. The summed E-state index contributed by atoms with van der Waals surface area (Å²) in [5, 5.41) is 9.64. The third kappa shape index (κ3) is 4.16. The van der Waals surface area contributed by atoms with E-state index >= 15 is 0 Å². The number of nitrogens with zero attached hydrogens (tertiary/aromatic N) is 2. The van der Waals surface area contributed by atoms with Crippen molar-refractivity contribution in [1.82, 2.24) is 15.1 Å². The summed E-state index contributed by atoms with van der Waals surface area (Å²) in [6.45, 7) is 3.85. The number of imide groups is 1. The highest BCUT2D eigenvalue weighted by molar-refractivity contribution is 6.05. The maximum atomic E-state index is 13.3. The van der Waals surface area contributed by atoms with Crippen molar-refractivity contribution < 1.29 is 18.8 Å². The molecule has 1 atom stereocenters. The van der Waals surface area contributed by atoms with Gasteiger partial charge in [-0.3, -0.25) is 19.7 Å². The normalized spacial score (nSPS) is 18.2. The molecule has 1 saturated heterocycles. The topological polar surface area (TPSA) is 93.1 Å². The molecule has 2 N–H and O–H groups in total. The van der Waals surface area contributed by atoms with E-state index in [1.54, 1.807) is 28.9 Å². The lowest BCUT2D eigenvalue weighted by atomic mass is 9.72. The fraction of sp³-hybridized carbons (Fsp3) is 0.280. The lowest BCUT2D eigenvalue weighted by Gasteiger charge is -2.35. The first-order valence-electron chi connectivity index (χ1n) is 11.0. The van der Waals surface area contributed by atoms with E-state index in [0.29, 0.717) is 48.3 Å². The van der Waals surface area contributed by atoms with Crippen LogP contribution in [0.15, 0.2) is 54.7 Å². The Bertz CT molecular complexity index is 1200. The van der Waals surface area contributed by atoms with Crippen molar-refractivity contribution in [2.24, 2.45) is 0 Å². The minimum absolute atomic E-state index is 0.249. The van der Waals surface area contributed by atoms with Gasteiger partial charge in [0.25, 0.3) is 5.91 Å². The van der Waals surface area contributed by atoms with Gasteiger partial charge in [-0.15, -0.1) is 0 Å². The van der Waals surface area contributed by atoms with Gasteiger partial charge >= 0.3 is 0 Å². The number of carbonyl (C=O) groups is 3. The van der Waals surface area contributed by atoms with E-state index in [1.807, 2.05) is 26.0 Å². The van der Waals surface area contributed by atoms with Crippen molar-refractivity contribution in [2.75, 3.05) is 5.32 Å². The van der Waals surface area contributed by atoms with E-state index < -0.39 is 5.41 Å². The molecule has 0 spiro atoms. The van der Waals surface area contributed by atoms with Gasteiger partial charge in [0.05, 0.1) is 28.6 Å². The minimum Gasteiger partial charge on any atom is -0.322 e. The van der Waals surface area contributed by atoms with Crippen LogP contribution >= 0.6 is 0 Å². The molecule has 0 saturated carbocycles. The van der Waals surface area contributed by atoms with Gasteiger partial charge in [0.2, 0.25) is 11.8 Å². The first kappa shape index (κ1) is 22.4. The molecule has 4 rings (SSSR count). The summed E-state index contributed by atoms with van der Waals surface area (Å²) in [5.41, 5.74) is 2.46. The number of rotatable bonds is 6. The van der Waals surface area contributed by atoms with Crippen molar-refractivity contribution in [3.8, 4) is 5.69 Å². The molecule has 0 aliphatic carbocycles. The molecule has 2 heterocycles. The molecule has 2 aromatic carbocycles. The Kier molecular flexibility index (Phi) is 6.09. The van der Waals surface area contributed by atoms with Crippen molar-refractivity contribution >= 4 is 23.4 Å². The average molecular weight is 448 g/mol. The van der Waals surface area contributed by atoms with Gasteiger partial charge in [-0.25, -0.2) is 9.07 Å². The molecular formula is C25H25FN4O3. The molecule has 1 aromatic heterocycles. The van der Waals surface area contributed by atoms with Gasteiger partial charge in [-0.05, 0) is 61.2 Å². The quantitative estimate of drug-likeness (QED) is 0.559. The molecule has 170 valence electrons. The summed E-state index contributed by atoms with van der Waals surface area (Å²) in [6, 6.07) is 13.1. The molecule has 1 aliphatic rings. The molecule has 3 amide bonds. The molecule has 0 radical (unpaired) electrons. The standard InChI is InChI=1S/C25H25FN4O3/c1-3-21-20(15-27-30(21)19-11-7-17(26)8-12-19)23(32)28-18-9-5-16(6-10-18)25(4-2)14-13-22(31)29-24(25)33/h5-12,15H,3-4,13-14H2,1-2H3,(H,28,32)(H,29,31,33). The number of benzene rings is 2. The molecule has 1 fully saturated rings. The Morgan fingerprint density at radius 3 is 2.42 bits per heavy atom. The average Bonchev–Trinajstić information content (AvgIpc) is 3.25. The van der Waals surface area contributed by atoms with E-state index in [4.69, 9.17) is 0 Å². The number of hydrogen-bond acceptors (Lipinski definition) is 4. The Hall–Kier alpha value is -3.81. The molecule has 0 bridgehead atoms. The zero-order valence-electron chi connectivity index (χ0n) is 18.5. The highest BCUT2D eigenvalue weighted by Gasteiger charge is 2.42. The molecule has 1 unspecified atom stereocenters. The van der Waals surface area contributed by atoms with Gasteiger partial charge in [0, 0.05) is 12.1 Å². The summed E-state index contributed by atoms with van der Waals surface area (Å²) in [6.07, 6.45) is 3.39. The van der Waals surface area contributed by atoms with Crippen LogP contribution in [0.3, 0.4) is 0 Å². The zero-order valence-corrected chi connectivity index (χ0v) is 18.5. The molecule has 1 aliphatic heterocycles. The third-order valence-corrected chi connectivity index (χ3v) is 6.28. The number of carbonyl (C=O) groups excluding carboxylic acids is 3. The second-order valence-corrected chi connectivity index (χ2v) is 8.09. The third-order valence-electron chi connectivity index (χ3n) is 6.28. The highest BCUT2D eigenvalue weighted by atomic mass is 19.1. The lowest BCUT2D eigenvalue weighted by Crippen LogP contribution is -2.51. The predicted octanol–water partition coefficient (Wildman–Crippen LogP) is 3.91. The number of amides is 3. The minimum atomic E-state index is -0.748. The number of hydrogen-bond donors (Lipinski definition) is 2. The molecule has 8 heteroatoms. The summed E-state index contributed by atoms with van der Waals surface area (Å²) >= 11 is 0. The SMILES string of the molecule is CCc1c(C(=O)Nc2ccc(C3(CC)CCC(=O)NC3=O)cc2)cnn1-c1ccc(F)cc1. The van der Waals surface area contributed by atoms with Crippen LogP contribution in [0.4, 0.5) is 10.1 Å². The first-order valence-corrected chi connectivity index (χ1v) is 11.0. The van der Waals surface area contributed by atoms with E-state index in [9.17, 15) is 18.8 Å². The molecule has 7 nitrogen and oxygen atoms in total. The van der Waals surface area contributed by atoms with Gasteiger partial charge in [0.1, 0.15) is 5.82 Å². The second-order valence-electron chi connectivity index (χ2n) is 8.09. The van der Waals surface area contributed by atoms with Gasteiger partial charge in [-0.1, -0.05) is 26.0 Å². The summed E-state index contributed by atoms with van der Waals surface area (Å²) in [5.74, 6) is -1.17. The van der Waals surface area contributed by atoms with Crippen molar-refractivity contribution in [2.45, 2.75) is 44.9 Å². The highest BCUT2D eigenvalue weighted by Crippen LogP contribution is 2.36. The van der Waals surface area contributed by atoms with E-state index in [-0.39, 0.29) is 23.5 Å². The lowest BCUT2D eigenvalue weighted by molar-refractivity contribution is -0.138. The van der Waals surface area contributed by atoms with E-state index in [0.717, 1.165) is 5.56 Å². The number of halogens is 1. The van der Waals surface area contributed by atoms with Gasteiger partial charge < -0.3 is 5.32 Å². The van der Waals surface area contributed by atoms with Crippen molar-refractivity contribution in [1.29, 1.82) is 0 Å². The summed E-state index contributed by atoms with van der Waals surface area (Å²) < 4.78 is 14.9. The zero-order chi connectivity index (χ0) is 23.6. The molecular weight excluding hydrogens is 423 g/mol. The Morgan fingerprint density at radius 1 is 1.12 bits per heavy atom. The fourth-order valence-electron chi connectivity index (χ4n) is 4.35. The monoisotopic (exact) mass is 448 g/mol. The summed E-state index contributed by atoms with van der Waals surface area (Å²) in [4.78, 5) is 37.1. The number of nitrogens with one attached hydrogen (secondary N) is 2. The number of piperidine rings is 1. The van der Waals surface area contributed by atoms with Crippen molar-refractivity contribution in [3.05, 3.63) is 77.4 Å². The van der Waals surface area contributed by atoms with Crippen LogP contribution in [0.5, 0.6) is 0 Å². The van der Waals surface area contributed by atoms with E-state index in [2.05, 4.69) is 15.7 Å². The number of anilines is 1. The second kappa shape index (κ2) is 8.97. The molecule has 3 aromatic rings. The van der Waals surface area contributed by atoms with E-state index in [1.165, 1.54) is 18.3 Å². The van der Waals surface area contributed by atoms with Crippen LogP contribution in [0.1, 0.15) is 54.7 Å². The largest absolute Gasteiger partial charge is 0.322 e. The smallest absolute Gasteiger partial charge is 0.259 e. The van der Waals surface area contributed by atoms with Crippen molar-refractivity contribution in [3.63, 3.8) is 0 Å². The van der Waals surface area contributed by atoms with Gasteiger partial charge in [0.15, 0.2) is 0 Å². The van der Waals surface area contributed by atoms with Crippen LogP contribution in [-0.4, -0.2) is 27.5 Å². The summed E-state index contributed by atoms with van der Waals surface area (Å²) in [7, 11) is 0. The Labute approximate surface area is 191 Å². The van der Waals surface area contributed by atoms with Crippen LogP contribution in [0.2, 0.25) is 0 Å². The van der Waals surface area contributed by atoms with Crippen LogP contribution < -0.4 is 10.6 Å². The first-order chi connectivity index (χ1) is 15.9. The number of aromatic nitrogens is 2. The van der Waals surface area contributed by atoms with Crippen LogP contribution in [0.25, 0.3) is 5.69 Å².